The maximum absolute atomic E-state index is 12.2. The molecule has 1 aromatic rings. The third-order valence-electron chi connectivity index (χ3n) is 2.96. The molecular weight excluding hydrogens is 296 g/mol. The highest BCUT2D eigenvalue weighted by molar-refractivity contribution is 7.89. The summed E-state index contributed by atoms with van der Waals surface area (Å²) in [5.41, 5.74) is 4.09. The lowest BCUT2D eigenvalue weighted by Crippen LogP contribution is -2.40. The minimum absolute atomic E-state index is 0.140. The summed E-state index contributed by atoms with van der Waals surface area (Å²) < 4.78 is 26.7. The van der Waals surface area contributed by atoms with E-state index >= 15 is 0 Å². The lowest BCUT2D eigenvalue weighted by Gasteiger charge is -2.23. The van der Waals surface area contributed by atoms with Crippen molar-refractivity contribution < 1.29 is 23.4 Å². The average Bonchev–Trinajstić information content (AvgIpc) is 2.36. The number of aliphatic hydroxyl groups is 1. The zero-order chi connectivity index (χ0) is 16.3. The van der Waals surface area contributed by atoms with Crippen LogP contribution in [-0.2, 0) is 10.0 Å². The first kappa shape index (κ1) is 17.4. The number of hydrogen-bond acceptors (Lipinski definition) is 5. The van der Waals surface area contributed by atoms with Crippen molar-refractivity contribution in [1.82, 2.24) is 4.72 Å². The monoisotopic (exact) mass is 316 g/mol. The average molecular weight is 316 g/mol. The Morgan fingerprint density at radius 3 is 2.57 bits per heavy atom. The van der Waals surface area contributed by atoms with Gasteiger partial charge in [0.1, 0.15) is 0 Å². The summed E-state index contributed by atoms with van der Waals surface area (Å²) in [4.78, 5) is 10.7. The number of nitrogens with two attached hydrogens (primary N) is 1. The molecule has 0 saturated heterocycles. The summed E-state index contributed by atoms with van der Waals surface area (Å²) in [5, 5.41) is 19.0. The Balaban J connectivity index is 3.09. The summed E-state index contributed by atoms with van der Waals surface area (Å²) in [6, 6.07) is 3.53. The molecule has 0 heterocycles. The maximum atomic E-state index is 12.2. The molecule has 7 nitrogen and oxygen atoms in total. The van der Waals surface area contributed by atoms with Crippen LogP contribution in [0.25, 0.3) is 0 Å². The van der Waals surface area contributed by atoms with Crippen LogP contribution < -0.4 is 10.5 Å². The van der Waals surface area contributed by atoms with E-state index in [2.05, 4.69) is 4.72 Å². The van der Waals surface area contributed by atoms with Crippen molar-refractivity contribution in [2.24, 2.45) is 0 Å². The molecule has 0 aromatic heterocycles. The van der Waals surface area contributed by atoms with Gasteiger partial charge in [0.25, 0.3) is 0 Å². The predicted molar refractivity (Wildman–Crippen MR) is 78.5 cm³/mol. The molecule has 1 aromatic carbocycles. The van der Waals surface area contributed by atoms with E-state index in [1.165, 1.54) is 13.0 Å². The Hall–Kier alpha value is -1.64. The number of rotatable bonds is 7. The van der Waals surface area contributed by atoms with Crippen molar-refractivity contribution in [2.75, 3.05) is 12.3 Å². The lowest BCUT2D eigenvalue weighted by molar-refractivity contribution is 0.0554. The maximum Gasteiger partial charge on any atom is 0.337 e. The second kappa shape index (κ2) is 6.42. The molecule has 5 N–H and O–H groups in total. The van der Waals surface area contributed by atoms with Gasteiger partial charge in [0.2, 0.25) is 10.0 Å². The Labute approximate surface area is 123 Å². The molecule has 0 radical (unpaired) electrons. The molecule has 8 heteroatoms. The number of sulfonamides is 1. The minimum atomic E-state index is -4.08. The van der Waals surface area contributed by atoms with Gasteiger partial charge >= 0.3 is 5.97 Å². The topological polar surface area (TPSA) is 130 Å². The molecular formula is C13H20N2O5S. The number of carbonyl (C=O) groups is 1. The molecule has 0 aliphatic rings. The summed E-state index contributed by atoms with van der Waals surface area (Å²) in [5.74, 6) is -1.37. The summed E-state index contributed by atoms with van der Waals surface area (Å²) in [7, 11) is -4.08. The van der Waals surface area contributed by atoms with Crippen LogP contribution in [0.1, 0.15) is 37.0 Å². The van der Waals surface area contributed by atoms with Gasteiger partial charge in [-0.2, -0.15) is 0 Å². The van der Waals surface area contributed by atoms with Crippen molar-refractivity contribution in [3.8, 4) is 0 Å². The fourth-order valence-corrected chi connectivity index (χ4v) is 3.29. The SMILES string of the molecule is CCCC(C)(O)CNS(=O)(=O)c1cc(N)ccc1C(=O)O. The van der Waals surface area contributed by atoms with Gasteiger partial charge in [-0.15, -0.1) is 0 Å². The van der Waals surface area contributed by atoms with Crippen LogP contribution in [-0.4, -0.2) is 36.7 Å². The molecule has 1 atom stereocenters. The first-order valence-electron chi connectivity index (χ1n) is 6.44. The quantitative estimate of drug-likeness (QED) is 0.550. The molecule has 0 aliphatic heterocycles. The Morgan fingerprint density at radius 2 is 2.05 bits per heavy atom. The van der Waals surface area contributed by atoms with Crippen molar-refractivity contribution in [3.05, 3.63) is 23.8 Å². The molecule has 0 amide bonds. The van der Waals surface area contributed by atoms with E-state index in [0.717, 1.165) is 12.1 Å². The highest BCUT2D eigenvalue weighted by Gasteiger charge is 2.26. The number of anilines is 1. The van der Waals surface area contributed by atoms with Crippen LogP contribution >= 0.6 is 0 Å². The highest BCUT2D eigenvalue weighted by atomic mass is 32.2. The Morgan fingerprint density at radius 1 is 1.43 bits per heavy atom. The molecule has 21 heavy (non-hydrogen) atoms. The molecule has 0 spiro atoms. The zero-order valence-corrected chi connectivity index (χ0v) is 12.8. The third kappa shape index (κ3) is 4.69. The molecule has 0 bridgehead atoms. The zero-order valence-electron chi connectivity index (χ0n) is 12.0. The molecule has 0 fully saturated rings. The van der Waals surface area contributed by atoms with E-state index in [1.54, 1.807) is 0 Å². The smallest absolute Gasteiger partial charge is 0.337 e. The molecule has 1 rings (SSSR count). The van der Waals surface area contributed by atoms with Gasteiger partial charge in [-0.25, -0.2) is 17.9 Å². The van der Waals surface area contributed by atoms with E-state index in [0.29, 0.717) is 12.8 Å². The number of nitrogens with one attached hydrogen (secondary N) is 1. The van der Waals surface area contributed by atoms with Crippen molar-refractivity contribution in [2.45, 2.75) is 37.2 Å². The number of benzene rings is 1. The van der Waals surface area contributed by atoms with Gasteiger partial charge in [-0.1, -0.05) is 13.3 Å². The van der Waals surface area contributed by atoms with Crippen LogP contribution in [0, 0.1) is 0 Å². The van der Waals surface area contributed by atoms with E-state index < -0.39 is 26.5 Å². The van der Waals surface area contributed by atoms with Gasteiger partial charge in [0.05, 0.1) is 16.1 Å². The van der Waals surface area contributed by atoms with Gasteiger partial charge in [0, 0.05) is 12.2 Å². The van der Waals surface area contributed by atoms with Crippen LogP contribution in [0.4, 0.5) is 5.69 Å². The van der Waals surface area contributed by atoms with Crippen LogP contribution in [0.5, 0.6) is 0 Å². The molecule has 0 aliphatic carbocycles. The molecule has 118 valence electrons. The third-order valence-corrected chi connectivity index (χ3v) is 4.40. The second-order valence-corrected chi connectivity index (χ2v) is 6.87. The van der Waals surface area contributed by atoms with E-state index in [-0.39, 0.29) is 17.8 Å². The van der Waals surface area contributed by atoms with Crippen LogP contribution in [0.2, 0.25) is 0 Å². The van der Waals surface area contributed by atoms with E-state index in [1.807, 2.05) is 6.92 Å². The number of hydrogen-bond donors (Lipinski definition) is 4. The summed E-state index contributed by atoms with van der Waals surface area (Å²) in [6.45, 7) is 3.16. The van der Waals surface area contributed by atoms with Gasteiger partial charge in [-0.05, 0) is 31.5 Å². The summed E-state index contributed by atoms with van der Waals surface area (Å²) >= 11 is 0. The first-order valence-corrected chi connectivity index (χ1v) is 7.92. The summed E-state index contributed by atoms with van der Waals surface area (Å²) in [6.07, 6.45) is 1.10. The van der Waals surface area contributed by atoms with E-state index in [9.17, 15) is 18.3 Å². The fourth-order valence-electron chi connectivity index (χ4n) is 1.89. The predicted octanol–water partition coefficient (Wildman–Crippen LogP) is 0.796. The van der Waals surface area contributed by atoms with Gasteiger partial charge in [0.15, 0.2) is 0 Å². The fraction of sp³-hybridized carbons (Fsp3) is 0.462. The molecule has 1 unspecified atom stereocenters. The standard InChI is InChI=1S/C13H20N2O5S/c1-3-6-13(2,18)8-15-21(19,20)11-7-9(14)4-5-10(11)12(16)17/h4-5,7,15,18H,3,6,8,14H2,1-2H3,(H,16,17). The van der Waals surface area contributed by atoms with Crippen molar-refractivity contribution in [3.63, 3.8) is 0 Å². The van der Waals surface area contributed by atoms with Crippen molar-refractivity contribution in [1.29, 1.82) is 0 Å². The Kier molecular flexibility index (Phi) is 5.32. The lowest BCUT2D eigenvalue weighted by atomic mass is 10.0. The number of carboxylic acids is 1. The van der Waals surface area contributed by atoms with E-state index in [4.69, 9.17) is 10.8 Å². The van der Waals surface area contributed by atoms with Crippen molar-refractivity contribution >= 4 is 21.7 Å². The second-order valence-electron chi connectivity index (χ2n) is 5.13. The number of aromatic carboxylic acids is 1. The minimum Gasteiger partial charge on any atom is -0.478 e. The van der Waals surface area contributed by atoms with Crippen LogP contribution in [0.15, 0.2) is 23.1 Å². The van der Waals surface area contributed by atoms with Gasteiger partial charge in [-0.3, -0.25) is 0 Å². The normalized spacial score (nSPS) is 14.6. The number of carboxylic acid groups (broad SMARTS) is 1. The van der Waals surface area contributed by atoms with Gasteiger partial charge < -0.3 is 15.9 Å². The largest absolute Gasteiger partial charge is 0.478 e. The first-order chi connectivity index (χ1) is 9.59. The highest BCUT2D eigenvalue weighted by Crippen LogP contribution is 2.20. The van der Waals surface area contributed by atoms with Crippen LogP contribution in [0.3, 0.4) is 0 Å². The molecule has 0 saturated carbocycles. The number of nitrogen functional groups attached to an aromatic ring is 1. The Bertz CT molecular complexity index is 625.